The van der Waals surface area contributed by atoms with Crippen molar-refractivity contribution in [1.29, 1.82) is 0 Å². The van der Waals surface area contributed by atoms with E-state index in [1.165, 1.54) is 11.1 Å². The Bertz CT molecular complexity index is 1080. The molecule has 4 heterocycles. The number of rotatable bonds is 4. The Labute approximate surface area is 182 Å². The fourth-order valence-corrected chi connectivity index (χ4v) is 4.27. The van der Waals surface area contributed by atoms with Crippen LogP contribution in [0.5, 0.6) is 0 Å². The lowest BCUT2D eigenvalue weighted by molar-refractivity contribution is 0.102. The highest BCUT2D eigenvalue weighted by molar-refractivity contribution is 6.04. The third kappa shape index (κ3) is 4.22. The van der Waals surface area contributed by atoms with Crippen LogP contribution in [0.3, 0.4) is 0 Å². The fraction of sp³-hybridized carbons (Fsp3) is 0.292. The van der Waals surface area contributed by atoms with Crippen LogP contribution in [0.2, 0.25) is 0 Å². The van der Waals surface area contributed by atoms with E-state index in [9.17, 15) is 4.79 Å². The number of amides is 1. The normalized spacial score (nSPS) is 16.0. The summed E-state index contributed by atoms with van der Waals surface area (Å²) in [6.07, 6.45) is 4.46. The van der Waals surface area contributed by atoms with Gasteiger partial charge in [0.25, 0.3) is 5.91 Å². The largest absolute Gasteiger partial charge is 0.367 e. The third-order valence-corrected chi connectivity index (χ3v) is 5.93. The van der Waals surface area contributed by atoms with Gasteiger partial charge in [-0.1, -0.05) is 30.3 Å². The zero-order valence-electron chi connectivity index (χ0n) is 17.4. The number of carbonyl (C=O) groups is 1. The van der Waals surface area contributed by atoms with Gasteiger partial charge in [0, 0.05) is 45.5 Å². The van der Waals surface area contributed by atoms with E-state index in [2.05, 4.69) is 54.7 Å². The van der Waals surface area contributed by atoms with Crippen LogP contribution in [0.25, 0.3) is 0 Å². The number of hydrogen-bond donors (Lipinski definition) is 2. The molecule has 7 heteroatoms. The zero-order valence-corrected chi connectivity index (χ0v) is 17.4. The van der Waals surface area contributed by atoms with Gasteiger partial charge in [-0.2, -0.15) is 0 Å². The van der Waals surface area contributed by atoms with Crippen LogP contribution in [0.15, 0.2) is 60.9 Å². The van der Waals surface area contributed by atoms with Gasteiger partial charge in [-0.25, -0.2) is 4.98 Å². The number of anilines is 3. The van der Waals surface area contributed by atoms with Crippen LogP contribution in [0.4, 0.5) is 17.2 Å². The van der Waals surface area contributed by atoms with Gasteiger partial charge in [0.15, 0.2) is 0 Å². The SMILES string of the molecule is O=C(Nc1cnccc1N1CCNCC1)c1cccc(N2CCc3ccccc3C2)n1. The van der Waals surface area contributed by atoms with Crippen molar-refractivity contribution in [2.75, 3.05) is 47.8 Å². The monoisotopic (exact) mass is 414 g/mol. The minimum absolute atomic E-state index is 0.219. The van der Waals surface area contributed by atoms with Crippen molar-refractivity contribution in [3.63, 3.8) is 0 Å². The standard InChI is InChI=1S/C24H26N6O/c31-24(28-21-16-26-10-8-22(21)29-14-11-25-12-15-29)20-6-3-7-23(27-20)30-13-9-18-4-1-2-5-19(18)17-30/h1-8,10,16,25H,9,11-15,17H2,(H,28,31). The molecule has 3 aromatic rings. The molecule has 31 heavy (non-hydrogen) atoms. The highest BCUT2D eigenvalue weighted by Crippen LogP contribution is 2.26. The lowest BCUT2D eigenvalue weighted by atomic mass is 10.00. The molecular weight excluding hydrogens is 388 g/mol. The summed E-state index contributed by atoms with van der Waals surface area (Å²) >= 11 is 0. The van der Waals surface area contributed by atoms with Crippen LogP contribution in [-0.2, 0) is 13.0 Å². The first kappa shape index (κ1) is 19.5. The molecule has 0 spiro atoms. The Kier molecular flexibility index (Phi) is 5.50. The highest BCUT2D eigenvalue weighted by atomic mass is 16.1. The summed E-state index contributed by atoms with van der Waals surface area (Å²) in [7, 11) is 0. The van der Waals surface area contributed by atoms with Crippen molar-refractivity contribution in [1.82, 2.24) is 15.3 Å². The molecule has 0 saturated carbocycles. The number of benzene rings is 1. The van der Waals surface area contributed by atoms with E-state index >= 15 is 0 Å². The molecule has 158 valence electrons. The Morgan fingerprint density at radius 3 is 2.65 bits per heavy atom. The van der Waals surface area contributed by atoms with Gasteiger partial charge in [0.1, 0.15) is 11.5 Å². The van der Waals surface area contributed by atoms with E-state index in [-0.39, 0.29) is 5.91 Å². The Morgan fingerprint density at radius 2 is 1.77 bits per heavy atom. The van der Waals surface area contributed by atoms with Gasteiger partial charge in [-0.05, 0) is 35.7 Å². The third-order valence-electron chi connectivity index (χ3n) is 5.93. The van der Waals surface area contributed by atoms with E-state index in [1.807, 2.05) is 18.2 Å². The summed E-state index contributed by atoms with van der Waals surface area (Å²) in [4.78, 5) is 26.4. The molecule has 5 rings (SSSR count). The lowest BCUT2D eigenvalue weighted by Gasteiger charge is -2.31. The molecule has 0 radical (unpaired) electrons. The summed E-state index contributed by atoms with van der Waals surface area (Å²) in [5.41, 5.74) is 4.83. The summed E-state index contributed by atoms with van der Waals surface area (Å²) in [5.74, 6) is 0.610. The molecule has 0 atom stereocenters. The van der Waals surface area contributed by atoms with Gasteiger partial charge in [-0.3, -0.25) is 9.78 Å². The zero-order chi connectivity index (χ0) is 21.0. The predicted molar refractivity (Wildman–Crippen MR) is 123 cm³/mol. The first-order valence-electron chi connectivity index (χ1n) is 10.8. The van der Waals surface area contributed by atoms with E-state index in [0.717, 1.165) is 57.2 Å². The topological polar surface area (TPSA) is 73.4 Å². The maximum atomic E-state index is 13.0. The van der Waals surface area contributed by atoms with Crippen molar-refractivity contribution >= 4 is 23.1 Å². The van der Waals surface area contributed by atoms with Gasteiger partial charge in [0.2, 0.25) is 0 Å². The van der Waals surface area contributed by atoms with Gasteiger partial charge < -0.3 is 20.4 Å². The van der Waals surface area contributed by atoms with Crippen LogP contribution in [0, 0.1) is 0 Å². The van der Waals surface area contributed by atoms with Crippen molar-refractivity contribution < 1.29 is 4.79 Å². The van der Waals surface area contributed by atoms with Crippen LogP contribution >= 0.6 is 0 Å². The van der Waals surface area contributed by atoms with E-state index in [4.69, 9.17) is 0 Å². The molecule has 2 aromatic heterocycles. The summed E-state index contributed by atoms with van der Waals surface area (Å²) < 4.78 is 0. The average molecular weight is 415 g/mol. The summed E-state index contributed by atoms with van der Waals surface area (Å²) in [6.45, 7) is 5.36. The highest BCUT2D eigenvalue weighted by Gasteiger charge is 2.20. The first-order chi connectivity index (χ1) is 15.3. The van der Waals surface area contributed by atoms with Crippen LogP contribution < -0.4 is 20.4 Å². The minimum Gasteiger partial charge on any atom is -0.367 e. The van der Waals surface area contributed by atoms with Gasteiger partial charge >= 0.3 is 0 Å². The number of pyridine rings is 2. The first-order valence-corrected chi connectivity index (χ1v) is 10.8. The molecule has 0 aliphatic carbocycles. The average Bonchev–Trinajstić information content (AvgIpc) is 2.85. The number of aromatic nitrogens is 2. The Morgan fingerprint density at radius 1 is 0.935 bits per heavy atom. The second-order valence-corrected chi connectivity index (χ2v) is 7.91. The molecule has 1 saturated heterocycles. The van der Waals surface area contributed by atoms with Crippen molar-refractivity contribution in [3.8, 4) is 0 Å². The molecular formula is C24H26N6O. The van der Waals surface area contributed by atoms with E-state index in [0.29, 0.717) is 11.4 Å². The predicted octanol–water partition coefficient (Wildman–Crippen LogP) is 2.70. The molecule has 2 aliphatic heterocycles. The van der Waals surface area contributed by atoms with Gasteiger partial charge in [0.05, 0.1) is 17.6 Å². The number of carbonyl (C=O) groups excluding carboxylic acids is 1. The van der Waals surface area contributed by atoms with Crippen molar-refractivity contribution in [2.45, 2.75) is 13.0 Å². The minimum atomic E-state index is -0.219. The maximum absolute atomic E-state index is 13.0. The molecule has 2 N–H and O–H groups in total. The van der Waals surface area contributed by atoms with E-state index < -0.39 is 0 Å². The van der Waals surface area contributed by atoms with Gasteiger partial charge in [-0.15, -0.1) is 0 Å². The molecule has 0 unspecified atom stereocenters. The number of fused-ring (bicyclic) bond motifs is 1. The van der Waals surface area contributed by atoms with Crippen molar-refractivity contribution in [2.24, 2.45) is 0 Å². The molecule has 2 aliphatic rings. The second kappa shape index (κ2) is 8.73. The second-order valence-electron chi connectivity index (χ2n) is 7.91. The lowest BCUT2D eigenvalue weighted by Crippen LogP contribution is -2.43. The van der Waals surface area contributed by atoms with Crippen molar-refractivity contribution in [3.05, 3.63) is 77.7 Å². The summed E-state index contributed by atoms with van der Waals surface area (Å²) in [6, 6.07) is 16.1. The number of piperazine rings is 1. The Balaban J connectivity index is 1.34. The number of nitrogens with zero attached hydrogens (tertiary/aromatic N) is 4. The maximum Gasteiger partial charge on any atom is 0.274 e. The Hall–Kier alpha value is -3.45. The number of hydrogen-bond acceptors (Lipinski definition) is 6. The fourth-order valence-electron chi connectivity index (χ4n) is 4.27. The smallest absolute Gasteiger partial charge is 0.274 e. The molecule has 0 bridgehead atoms. The molecule has 7 nitrogen and oxygen atoms in total. The quantitative estimate of drug-likeness (QED) is 0.684. The molecule has 1 amide bonds. The molecule has 1 fully saturated rings. The van der Waals surface area contributed by atoms with Crippen LogP contribution in [-0.4, -0.2) is 48.6 Å². The summed E-state index contributed by atoms with van der Waals surface area (Å²) in [5, 5.41) is 6.38. The van der Waals surface area contributed by atoms with Crippen LogP contribution in [0.1, 0.15) is 21.6 Å². The molecule has 1 aromatic carbocycles. The van der Waals surface area contributed by atoms with E-state index in [1.54, 1.807) is 18.5 Å². The number of nitrogens with one attached hydrogen (secondary N) is 2.